The first-order valence-corrected chi connectivity index (χ1v) is 24.2. The largest absolute Gasteiger partial charge is 0.496 e. The van der Waals surface area contributed by atoms with Crippen LogP contribution in [0.4, 0.5) is 15.8 Å². The number of H-pyrrole nitrogens is 1. The molecule has 0 bridgehead atoms. The third-order valence-corrected chi connectivity index (χ3v) is 15.6. The van der Waals surface area contributed by atoms with Crippen LogP contribution in [-0.4, -0.2) is 110 Å². The number of alkyl halides is 1. The number of aromatic nitrogens is 1. The minimum Gasteiger partial charge on any atom is -0.496 e. The minimum absolute atomic E-state index is 0.0739. The normalized spacial score (nSPS) is 24.2. The van der Waals surface area contributed by atoms with Crippen LogP contribution < -0.4 is 24.6 Å². The van der Waals surface area contributed by atoms with Crippen molar-refractivity contribution in [2.75, 3.05) is 69.4 Å². The van der Waals surface area contributed by atoms with Gasteiger partial charge in [0.15, 0.2) is 0 Å². The molecule has 2 unspecified atom stereocenters. The summed E-state index contributed by atoms with van der Waals surface area (Å²) < 4.78 is 33.8. The second-order valence-electron chi connectivity index (χ2n) is 20.8. The molecule has 4 fully saturated rings. The van der Waals surface area contributed by atoms with Crippen molar-refractivity contribution in [1.82, 2.24) is 20.1 Å². The average Bonchev–Trinajstić information content (AvgIpc) is 3.97. The summed E-state index contributed by atoms with van der Waals surface area (Å²) in [4.78, 5) is 39.4. The van der Waals surface area contributed by atoms with Gasteiger partial charge in [-0.3, -0.25) is 14.5 Å². The van der Waals surface area contributed by atoms with Gasteiger partial charge in [0.1, 0.15) is 29.8 Å². The van der Waals surface area contributed by atoms with Gasteiger partial charge >= 0.3 is 0 Å². The number of methoxy groups -OCH3 is 1. The van der Waals surface area contributed by atoms with Crippen LogP contribution in [0, 0.1) is 11.8 Å². The molecule has 4 saturated heterocycles. The molecule has 7 heterocycles. The van der Waals surface area contributed by atoms with E-state index in [1.54, 1.807) is 25.9 Å². The summed E-state index contributed by atoms with van der Waals surface area (Å²) in [7, 11) is 1.78. The van der Waals surface area contributed by atoms with E-state index >= 15 is 0 Å². The summed E-state index contributed by atoms with van der Waals surface area (Å²) in [6.07, 6.45) is 6.67. The number of halogens is 1. The molecule has 0 saturated carbocycles. The number of para-hydroxylation sites is 1. The molecule has 2 N–H and O–H groups in total. The number of aromatic amines is 1. The number of carbonyl (C=O) groups excluding carboxylic acids is 2. The number of amides is 2. The van der Waals surface area contributed by atoms with Crippen molar-refractivity contribution >= 4 is 34.1 Å². The van der Waals surface area contributed by atoms with Crippen molar-refractivity contribution in [3.8, 4) is 11.5 Å². The zero-order valence-electron chi connectivity index (χ0n) is 39.0. The molecule has 12 heteroatoms. The van der Waals surface area contributed by atoms with E-state index in [0.717, 1.165) is 112 Å². The molecule has 0 aliphatic carbocycles. The second kappa shape index (κ2) is 17.3. The Kier molecular flexibility index (Phi) is 11.7. The fourth-order valence-electron chi connectivity index (χ4n) is 12.0. The quantitative estimate of drug-likeness (QED) is 0.146. The molecule has 6 aliphatic rings. The molecular formula is C53H67FN6O5. The third-order valence-electron chi connectivity index (χ3n) is 15.6. The number of hydrogen-bond donors (Lipinski definition) is 2. The number of allylic oxidation sites excluding steroid dienone is 1. The number of hydrogen-bond acceptors (Lipinski definition) is 8. The smallest absolute Gasteiger partial charge is 0.255 e. The Bertz CT molecular complexity index is 2470. The number of piperidine rings is 2. The van der Waals surface area contributed by atoms with E-state index in [1.165, 1.54) is 22.3 Å². The Hall–Kier alpha value is -5.07. The van der Waals surface area contributed by atoms with Crippen LogP contribution in [0.3, 0.4) is 0 Å². The predicted octanol–water partition coefficient (Wildman–Crippen LogP) is 8.74. The lowest BCUT2D eigenvalue weighted by Crippen LogP contribution is -2.58. The molecule has 346 valence electrons. The van der Waals surface area contributed by atoms with Crippen LogP contribution in [0.1, 0.15) is 111 Å². The van der Waals surface area contributed by atoms with E-state index in [1.807, 2.05) is 6.07 Å². The molecule has 3 aromatic carbocycles. The predicted molar refractivity (Wildman–Crippen MR) is 254 cm³/mol. The Labute approximate surface area is 383 Å². The molecule has 11 nitrogen and oxygen atoms in total. The first kappa shape index (κ1) is 43.8. The van der Waals surface area contributed by atoms with Gasteiger partial charge in [0.25, 0.3) is 5.91 Å². The molecule has 6 aliphatic heterocycles. The standard InChI is InChI=1S/C53H67FN6O5/c1-33(17-18-52(4,5)54)25-42-40-9-7-8-10-44(40)56-48(42)35(3)39-13-12-37(26-47(39)63-6)58-21-19-53(20-22-58)27-36(31-65-53)28-57-23-24-59-38(29-57)32-64-49-43-30-60(46-15-11-34(2)55-50(46)61)51(62)41(43)14-16-45(49)59/h7-10,12-14,16,26,33,35-36,38,46,56H,2,11,15,17-25,27-32H2,1,3-6H3,(H,55,61)/t33-,35+,36?,38+,46?/m0/s1. The number of piperazine rings is 1. The summed E-state index contributed by atoms with van der Waals surface area (Å²) in [6.45, 7) is 19.3. The second-order valence-corrected chi connectivity index (χ2v) is 20.8. The van der Waals surface area contributed by atoms with Crippen molar-refractivity contribution in [2.24, 2.45) is 11.8 Å². The van der Waals surface area contributed by atoms with Crippen molar-refractivity contribution in [1.29, 1.82) is 0 Å². The average molecular weight is 887 g/mol. The molecule has 10 rings (SSSR count). The van der Waals surface area contributed by atoms with Crippen molar-refractivity contribution in [3.63, 3.8) is 0 Å². The van der Waals surface area contributed by atoms with Crippen LogP contribution in [0.15, 0.2) is 66.9 Å². The number of rotatable bonds is 12. The Morgan fingerprint density at radius 3 is 2.62 bits per heavy atom. The monoisotopic (exact) mass is 887 g/mol. The number of ether oxygens (including phenoxy) is 3. The lowest BCUT2D eigenvalue weighted by Gasteiger charge is -2.46. The summed E-state index contributed by atoms with van der Waals surface area (Å²) >= 11 is 0. The van der Waals surface area contributed by atoms with Gasteiger partial charge in [-0.1, -0.05) is 44.7 Å². The molecule has 2 amide bonds. The highest BCUT2D eigenvalue weighted by molar-refractivity contribution is 6.03. The molecule has 4 aromatic rings. The summed E-state index contributed by atoms with van der Waals surface area (Å²) in [5.74, 6) is 2.40. The highest BCUT2D eigenvalue weighted by atomic mass is 19.1. The van der Waals surface area contributed by atoms with Gasteiger partial charge in [0, 0.05) is 95.9 Å². The molecule has 1 aromatic heterocycles. The summed E-state index contributed by atoms with van der Waals surface area (Å²) in [5.41, 5.74) is 8.12. The van der Waals surface area contributed by atoms with Crippen molar-refractivity contribution in [2.45, 2.75) is 115 Å². The van der Waals surface area contributed by atoms with E-state index < -0.39 is 11.7 Å². The van der Waals surface area contributed by atoms with Gasteiger partial charge < -0.3 is 39.2 Å². The highest BCUT2D eigenvalue weighted by Gasteiger charge is 2.45. The molecule has 1 spiro atoms. The Morgan fingerprint density at radius 1 is 1.02 bits per heavy atom. The summed E-state index contributed by atoms with van der Waals surface area (Å²) in [6, 6.07) is 19.0. The topological polar surface area (TPSA) is 103 Å². The van der Waals surface area contributed by atoms with Crippen LogP contribution >= 0.6 is 0 Å². The molecule has 65 heavy (non-hydrogen) atoms. The molecule has 5 atom stereocenters. The Balaban J connectivity index is 0.741. The number of nitrogens with zero attached hydrogens (tertiary/aromatic N) is 4. The van der Waals surface area contributed by atoms with Gasteiger partial charge in [0.05, 0.1) is 37.6 Å². The van der Waals surface area contributed by atoms with Gasteiger partial charge in [-0.25, -0.2) is 4.39 Å². The van der Waals surface area contributed by atoms with Crippen molar-refractivity contribution in [3.05, 3.63) is 94.8 Å². The third kappa shape index (κ3) is 8.50. The first-order chi connectivity index (χ1) is 31.3. The van der Waals surface area contributed by atoms with Gasteiger partial charge in [-0.05, 0) is 107 Å². The minimum atomic E-state index is -1.16. The number of carbonyl (C=O) groups is 2. The van der Waals surface area contributed by atoms with Crippen LogP contribution in [0.25, 0.3) is 10.9 Å². The summed E-state index contributed by atoms with van der Waals surface area (Å²) in [5, 5.41) is 4.09. The SMILES string of the molecule is C=C1CCC(N2Cc3c(ccc4c3OC[C@H]3CN(CC5COC6(CCN(c7ccc([C@@H](C)c8[nH]c9ccccc9c8C[C@@H](C)CCC(C)(C)F)c(OC)c7)CC6)C5)CCN43)C2=O)C(=O)N1. The van der Waals surface area contributed by atoms with Gasteiger partial charge in [-0.2, -0.15) is 0 Å². The lowest BCUT2D eigenvalue weighted by molar-refractivity contribution is -0.126. The van der Waals surface area contributed by atoms with E-state index in [2.05, 4.69) is 94.0 Å². The first-order valence-electron chi connectivity index (χ1n) is 24.2. The zero-order valence-corrected chi connectivity index (χ0v) is 39.0. The van der Waals surface area contributed by atoms with Crippen molar-refractivity contribution < 1.29 is 28.2 Å². The van der Waals surface area contributed by atoms with E-state index in [9.17, 15) is 14.0 Å². The molecule has 0 radical (unpaired) electrons. The van der Waals surface area contributed by atoms with Crippen LogP contribution in [-0.2, 0) is 22.5 Å². The van der Waals surface area contributed by atoms with E-state index in [4.69, 9.17) is 14.2 Å². The van der Waals surface area contributed by atoms with Crippen LogP contribution in [0.5, 0.6) is 11.5 Å². The fraction of sp³-hybridized carbons (Fsp3) is 0.547. The highest BCUT2D eigenvalue weighted by Crippen LogP contribution is 2.46. The number of fused-ring (bicyclic) bond motifs is 6. The Morgan fingerprint density at radius 2 is 1.83 bits per heavy atom. The maximum absolute atomic E-state index is 14.4. The maximum Gasteiger partial charge on any atom is 0.255 e. The number of nitrogens with one attached hydrogen (secondary N) is 2. The maximum atomic E-state index is 14.4. The van der Waals surface area contributed by atoms with E-state index in [0.29, 0.717) is 55.5 Å². The lowest BCUT2D eigenvalue weighted by atomic mass is 9.84. The van der Waals surface area contributed by atoms with Gasteiger partial charge in [0.2, 0.25) is 5.91 Å². The number of benzene rings is 3. The number of anilines is 2. The van der Waals surface area contributed by atoms with E-state index in [-0.39, 0.29) is 29.4 Å². The zero-order chi connectivity index (χ0) is 45.2. The molecular weight excluding hydrogens is 820 g/mol. The van der Waals surface area contributed by atoms with Gasteiger partial charge in [-0.15, -0.1) is 0 Å². The fourth-order valence-corrected chi connectivity index (χ4v) is 12.0. The van der Waals surface area contributed by atoms with Crippen LogP contribution in [0.2, 0.25) is 0 Å².